The van der Waals surface area contributed by atoms with Crippen molar-refractivity contribution in [2.45, 2.75) is 137 Å². The molecular weight excluding hydrogens is 627 g/mol. The Morgan fingerprint density at radius 2 is 0.923 bits per heavy atom. The normalized spacial score (nSPS) is 13.4. The van der Waals surface area contributed by atoms with Gasteiger partial charge in [-0.05, 0) is 95.7 Å². The zero-order valence-electron chi connectivity index (χ0n) is 34.9. The van der Waals surface area contributed by atoms with E-state index in [1.165, 1.54) is 77.6 Å². The number of benzene rings is 5. The van der Waals surface area contributed by atoms with Gasteiger partial charge in [0.25, 0.3) is 0 Å². The van der Waals surface area contributed by atoms with Gasteiger partial charge in [0, 0.05) is 10.8 Å². The third-order valence-corrected chi connectivity index (χ3v) is 10.9. The van der Waals surface area contributed by atoms with Crippen LogP contribution in [0.5, 0.6) is 0 Å². The number of nitrogens with zero attached hydrogens (tertiary/aromatic N) is 1. The van der Waals surface area contributed by atoms with Crippen molar-refractivity contribution in [2.75, 3.05) is 0 Å². The fourth-order valence-corrected chi connectivity index (χ4v) is 7.77. The second kappa shape index (κ2) is 12.8. The van der Waals surface area contributed by atoms with E-state index >= 15 is 0 Å². The summed E-state index contributed by atoms with van der Waals surface area (Å²) in [7, 11) is 0. The number of fused-ring (bicyclic) bond motifs is 3. The van der Waals surface area contributed by atoms with Crippen LogP contribution < -0.4 is 0 Å². The van der Waals surface area contributed by atoms with Gasteiger partial charge >= 0.3 is 0 Å². The summed E-state index contributed by atoms with van der Waals surface area (Å²) in [5.41, 5.74) is 16.2. The van der Waals surface area contributed by atoms with Crippen molar-refractivity contribution >= 4 is 21.8 Å². The maximum atomic E-state index is 2.60. The summed E-state index contributed by atoms with van der Waals surface area (Å²) in [6.07, 6.45) is 0.869. The van der Waals surface area contributed by atoms with Crippen molar-refractivity contribution in [1.29, 1.82) is 0 Å². The van der Waals surface area contributed by atoms with Crippen LogP contribution in [0.2, 0.25) is 0 Å². The highest BCUT2D eigenvalue weighted by molar-refractivity contribution is 6.10. The van der Waals surface area contributed by atoms with E-state index in [9.17, 15) is 0 Å². The molecule has 0 N–H and O–H groups in total. The molecule has 1 heteroatoms. The molecule has 0 amide bonds. The van der Waals surface area contributed by atoms with Gasteiger partial charge in [0.05, 0.1) is 16.7 Å². The molecule has 0 aliphatic heterocycles. The van der Waals surface area contributed by atoms with E-state index in [4.69, 9.17) is 0 Å². The van der Waals surface area contributed by atoms with Crippen LogP contribution in [0.25, 0.3) is 38.6 Å². The van der Waals surface area contributed by atoms with Crippen molar-refractivity contribution in [3.63, 3.8) is 0 Å². The maximum Gasteiger partial charge on any atom is 0.0576 e. The third kappa shape index (κ3) is 7.26. The highest BCUT2D eigenvalue weighted by Crippen LogP contribution is 2.44. The minimum atomic E-state index is -0.124. The van der Waals surface area contributed by atoms with E-state index in [0.29, 0.717) is 0 Å². The molecule has 5 aromatic carbocycles. The molecule has 272 valence electrons. The van der Waals surface area contributed by atoms with Gasteiger partial charge in [-0.15, -0.1) is 0 Å². The molecule has 6 aromatic rings. The van der Waals surface area contributed by atoms with Gasteiger partial charge in [0.1, 0.15) is 0 Å². The fourth-order valence-electron chi connectivity index (χ4n) is 7.77. The summed E-state index contributed by atoms with van der Waals surface area (Å²) in [5, 5.41) is 2.61. The first kappa shape index (κ1) is 37.7. The first-order valence-corrected chi connectivity index (χ1v) is 19.4. The lowest BCUT2D eigenvalue weighted by atomic mass is 9.76. The SMILES string of the molecule is CC(C)(C)c1cc(Cc2cccc3c4ccccc4n(-c4cccc(-c5cc(C(C)(C)C)cc(C(C)(C)C)c5)c4C(C)(C)C)c23)cc(C(C)(C)C)c1. The van der Waals surface area contributed by atoms with Crippen molar-refractivity contribution < 1.29 is 0 Å². The second-order valence-corrected chi connectivity index (χ2v) is 20.5. The Hall–Kier alpha value is -4.10. The Labute approximate surface area is 315 Å². The molecule has 0 atom stereocenters. The molecule has 6 rings (SSSR count). The summed E-state index contributed by atoms with van der Waals surface area (Å²) in [4.78, 5) is 0. The Kier molecular flexibility index (Phi) is 9.26. The molecule has 0 aliphatic rings. The molecule has 1 heterocycles. The van der Waals surface area contributed by atoms with Gasteiger partial charge in [-0.1, -0.05) is 189 Å². The predicted octanol–water partition coefficient (Wildman–Crippen LogP) is 14.5. The average molecular weight is 690 g/mol. The smallest absolute Gasteiger partial charge is 0.0576 e. The molecule has 0 fully saturated rings. The van der Waals surface area contributed by atoms with Crippen LogP contribution in [0.4, 0.5) is 0 Å². The van der Waals surface area contributed by atoms with Crippen LogP contribution in [-0.4, -0.2) is 4.57 Å². The number of hydrogen-bond acceptors (Lipinski definition) is 0. The zero-order chi connectivity index (χ0) is 38.2. The van der Waals surface area contributed by atoms with Crippen molar-refractivity contribution in [3.8, 4) is 16.8 Å². The quantitative estimate of drug-likeness (QED) is 0.174. The number of para-hydroxylation sites is 2. The van der Waals surface area contributed by atoms with E-state index in [2.05, 4.69) is 205 Å². The van der Waals surface area contributed by atoms with Crippen molar-refractivity contribution in [1.82, 2.24) is 4.57 Å². The van der Waals surface area contributed by atoms with Crippen LogP contribution in [-0.2, 0) is 33.5 Å². The average Bonchev–Trinajstić information content (AvgIpc) is 3.37. The monoisotopic (exact) mass is 689 g/mol. The minimum absolute atomic E-state index is 0.0361. The highest BCUT2D eigenvalue weighted by Gasteiger charge is 2.29. The summed E-state index contributed by atoms with van der Waals surface area (Å²) in [6, 6.07) is 37.7. The predicted molar refractivity (Wildman–Crippen MR) is 229 cm³/mol. The number of aromatic nitrogens is 1. The molecule has 1 aromatic heterocycles. The lowest BCUT2D eigenvalue weighted by Crippen LogP contribution is -2.19. The molecule has 52 heavy (non-hydrogen) atoms. The lowest BCUT2D eigenvalue weighted by Gasteiger charge is -2.30. The van der Waals surface area contributed by atoms with Crippen LogP contribution in [0.15, 0.2) is 97.1 Å². The Morgan fingerprint density at radius 1 is 0.442 bits per heavy atom. The standard InChI is InChI=1S/C51H63N/c1-47(2,3)36-27-33(28-37(31-36)48(4,5)6)26-34-20-18-23-42-41-21-16-17-24-43(41)52(46(34)42)44-25-19-22-40(45(44)51(13,14)15)35-29-38(49(7,8)9)32-39(30-35)50(10,11)12/h16-25,27-32H,26H2,1-15H3. The molecule has 0 radical (unpaired) electrons. The van der Waals surface area contributed by atoms with Crippen LogP contribution >= 0.6 is 0 Å². The molecule has 0 saturated heterocycles. The van der Waals surface area contributed by atoms with E-state index in [0.717, 1.165) is 6.42 Å². The van der Waals surface area contributed by atoms with Crippen LogP contribution in [0, 0.1) is 0 Å². The van der Waals surface area contributed by atoms with Crippen molar-refractivity contribution in [2.24, 2.45) is 0 Å². The van der Waals surface area contributed by atoms with Gasteiger partial charge in [-0.2, -0.15) is 0 Å². The summed E-state index contributed by atoms with van der Waals surface area (Å²) in [6.45, 7) is 35.2. The lowest BCUT2D eigenvalue weighted by molar-refractivity contribution is 0.567. The summed E-state index contributed by atoms with van der Waals surface area (Å²) < 4.78 is 2.60. The molecule has 0 saturated carbocycles. The zero-order valence-corrected chi connectivity index (χ0v) is 34.9. The highest BCUT2D eigenvalue weighted by atomic mass is 15.0. The van der Waals surface area contributed by atoms with Gasteiger partial charge < -0.3 is 4.57 Å². The Bertz CT molecular complexity index is 2210. The Morgan fingerprint density at radius 3 is 1.44 bits per heavy atom. The van der Waals surface area contributed by atoms with Crippen LogP contribution in [0.1, 0.15) is 143 Å². The van der Waals surface area contributed by atoms with E-state index < -0.39 is 0 Å². The summed E-state index contributed by atoms with van der Waals surface area (Å²) in [5.74, 6) is 0. The molecule has 0 unspecified atom stereocenters. The summed E-state index contributed by atoms with van der Waals surface area (Å²) >= 11 is 0. The van der Waals surface area contributed by atoms with E-state index in [-0.39, 0.29) is 27.1 Å². The second-order valence-electron chi connectivity index (χ2n) is 20.5. The number of rotatable bonds is 4. The van der Waals surface area contributed by atoms with E-state index in [1.807, 2.05) is 0 Å². The molecule has 0 spiro atoms. The first-order chi connectivity index (χ1) is 23.9. The van der Waals surface area contributed by atoms with Gasteiger partial charge in [0.2, 0.25) is 0 Å². The minimum Gasteiger partial charge on any atom is -0.309 e. The maximum absolute atomic E-state index is 2.60. The number of hydrogen-bond donors (Lipinski definition) is 0. The van der Waals surface area contributed by atoms with Gasteiger partial charge in [0.15, 0.2) is 0 Å². The first-order valence-electron chi connectivity index (χ1n) is 19.4. The topological polar surface area (TPSA) is 4.93 Å². The van der Waals surface area contributed by atoms with Gasteiger partial charge in [-0.25, -0.2) is 0 Å². The van der Waals surface area contributed by atoms with Gasteiger partial charge in [-0.3, -0.25) is 0 Å². The molecule has 0 bridgehead atoms. The Balaban J connectivity index is 1.68. The van der Waals surface area contributed by atoms with E-state index in [1.54, 1.807) is 0 Å². The molecule has 1 nitrogen and oxygen atoms in total. The third-order valence-electron chi connectivity index (χ3n) is 10.9. The van der Waals surface area contributed by atoms with Crippen molar-refractivity contribution in [3.05, 3.63) is 136 Å². The fraction of sp³-hybridized carbons (Fsp3) is 0.412. The molecular formula is C51H63N. The largest absolute Gasteiger partial charge is 0.309 e. The van der Waals surface area contributed by atoms with Crippen LogP contribution in [0.3, 0.4) is 0 Å². The molecule has 0 aliphatic carbocycles.